The van der Waals surface area contributed by atoms with Crippen LogP contribution in [-0.4, -0.2) is 97.8 Å². The second-order valence-corrected chi connectivity index (χ2v) is 3.96. The standard InChI is InChI=1S/C10H18O10/c11-1-4(14)7(16)6(3-13)20-10(19)9(18)8(17)5(15)2-12/h3-9,11-12,14-18H,1-2H2/t4-,5-,6+,7-,8-,9-/m1/s1. The lowest BCUT2D eigenvalue weighted by Gasteiger charge is -2.25. The van der Waals surface area contributed by atoms with Crippen molar-refractivity contribution in [1.29, 1.82) is 0 Å². The van der Waals surface area contributed by atoms with Crippen LogP contribution in [-0.2, 0) is 14.3 Å². The SMILES string of the molecule is O=C[C@H](OC(=O)[C@H](O)[C@H](O)[C@H](O)CO)[C@H](O)[C@H](O)CO. The fourth-order valence-electron chi connectivity index (χ4n) is 1.17. The van der Waals surface area contributed by atoms with Gasteiger partial charge in [-0.05, 0) is 0 Å². The van der Waals surface area contributed by atoms with Crippen LogP contribution >= 0.6 is 0 Å². The Morgan fingerprint density at radius 1 is 0.950 bits per heavy atom. The van der Waals surface area contributed by atoms with Gasteiger partial charge in [0.1, 0.15) is 24.4 Å². The molecular formula is C10H18O10. The molecule has 0 saturated heterocycles. The molecule has 0 aliphatic carbocycles. The first-order chi connectivity index (χ1) is 9.29. The summed E-state index contributed by atoms with van der Waals surface area (Å²) < 4.78 is 4.33. The zero-order valence-corrected chi connectivity index (χ0v) is 10.3. The molecule has 118 valence electrons. The molecule has 0 aromatic rings. The molecule has 0 aromatic heterocycles. The highest BCUT2D eigenvalue weighted by Gasteiger charge is 2.35. The van der Waals surface area contributed by atoms with Crippen molar-refractivity contribution in [3.05, 3.63) is 0 Å². The van der Waals surface area contributed by atoms with Gasteiger partial charge >= 0.3 is 5.97 Å². The van der Waals surface area contributed by atoms with Crippen LogP contribution in [0.2, 0.25) is 0 Å². The van der Waals surface area contributed by atoms with Gasteiger partial charge in [0, 0.05) is 0 Å². The molecule has 0 amide bonds. The summed E-state index contributed by atoms with van der Waals surface area (Å²) in [5.74, 6) is -1.56. The van der Waals surface area contributed by atoms with Crippen molar-refractivity contribution in [1.82, 2.24) is 0 Å². The minimum atomic E-state index is -2.28. The van der Waals surface area contributed by atoms with Gasteiger partial charge < -0.3 is 40.5 Å². The van der Waals surface area contributed by atoms with Crippen LogP contribution in [0.1, 0.15) is 0 Å². The van der Waals surface area contributed by atoms with E-state index < -0.39 is 55.8 Å². The number of carbonyl (C=O) groups excluding carboxylic acids is 2. The smallest absolute Gasteiger partial charge is 0.338 e. The van der Waals surface area contributed by atoms with Gasteiger partial charge in [-0.3, -0.25) is 4.79 Å². The van der Waals surface area contributed by atoms with Crippen molar-refractivity contribution < 1.29 is 50.1 Å². The Kier molecular flexibility index (Phi) is 8.41. The zero-order chi connectivity index (χ0) is 15.9. The van der Waals surface area contributed by atoms with E-state index in [4.69, 9.17) is 20.4 Å². The van der Waals surface area contributed by atoms with Crippen molar-refractivity contribution >= 4 is 12.3 Å². The Morgan fingerprint density at radius 3 is 1.80 bits per heavy atom. The first-order valence-corrected chi connectivity index (χ1v) is 5.57. The van der Waals surface area contributed by atoms with Crippen LogP contribution < -0.4 is 0 Å². The predicted octanol–water partition coefficient (Wildman–Crippen LogP) is -5.11. The van der Waals surface area contributed by atoms with E-state index >= 15 is 0 Å². The fraction of sp³-hybridized carbons (Fsp3) is 0.800. The highest BCUT2D eigenvalue weighted by molar-refractivity contribution is 5.77. The summed E-state index contributed by atoms with van der Waals surface area (Å²) in [5.41, 5.74) is 0. The Bertz CT molecular complexity index is 308. The van der Waals surface area contributed by atoms with Crippen molar-refractivity contribution in [3.8, 4) is 0 Å². The molecule has 10 heteroatoms. The summed E-state index contributed by atoms with van der Waals surface area (Å²) in [6.07, 6.45) is -11.8. The molecule has 6 atom stereocenters. The lowest BCUT2D eigenvalue weighted by atomic mass is 10.1. The largest absolute Gasteiger partial charge is 0.450 e. The number of carbonyl (C=O) groups is 2. The molecule has 0 rings (SSSR count). The van der Waals surface area contributed by atoms with Gasteiger partial charge in [0.05, 0.1) is 13.2 Å². The number of aldehydes is 1. The minimum absolute atomic E-state index is 0.0526. The number of hydrogen-bond acceptors (Lipinski definition) is 10. The number of esters is 1. The molecule has 0 heterocycles. The summed E-state index contributed by atoms with van der Waals surface area (Å²) in [7, 11) is 0. The number of aliphatic hydroxyl groups is 7. The van der Waals surface area contributed by atoms with Gasteiger partial charge in [0.2, 0.25) is 0 Å². The lowest BCUT2D eigenvalue weighted by molar-refractivity contribution is -0.181. The molecule has 0 radical (unpaired) electrons. The van der Waals surface area contributed by atoms with Gasteiger partial charge in [0.25, 0.3) is 0 Å². The fourth-order valence-corrected chi connectivity index (χ4v) is 1.17. The zero-order valence-electron chi connectivity index (χ0n) is 10.3. The van der Waals surface area contributed by atoms with E-state index in [1.165, 1.54) is 0 Å². The third kappa shape index (κ3) is 5.09. The Labute approximate surface area is 113 Å². The molecule has 20 heavy (non-hydrogen) atoms. The van der Waals surface area contributed by atoms with Crippen molar-refractivity contribution in [2.75, 3.05) is 13.2 Å². The molecular weight excluding hydrogens is 280 g/mol. The quantitative estimate of drug-likeness (QED) is 0.160. The molecule has 0 bridgehead atoms. The van der Waals surface area contributed by atoms with Crippen molar-refractivity contribution in [2.24, 2.45) is 0 Å². The maximum absolute atomic E-state index is 11.4. The molecule has 0 unspecified atom stereocenters. The van der Waals surface area contributed by atoms with E-state index in [1.54, 1.807) is 0 Å². The van der Waals surface area contributed by atoms with Gasteiger partial charge in [-0.1, -0.05) is 0 Å². The van der Waals surface area contributed by atoms with E-state index in [1.807, 2.05) is 0 Å². The molecule has 0 fully saturated rings. The molecule has 0 aliphatic heterocycles. The summed E-state index contributed by atoms with van der Waals surface area (Å²) in [4.78, 5) is 22.0. The van der Waals surface area contributed by atoms with Gasteiger partial charge in [0.15, 0.2) is 18.5 Å². The van der Waals surface area contributed by atoms with E-state index in [9.17, 15) is 24.9 Å². The van der Waals surface area contributed by atoms with Crippen molar-refractivity contribution in [2.45, 2.75) is 36.6 Å². The van der Waals surface area contributed by atoms with Crippen LogP contribution in [0.25, 0.3) is 0 Å². The third-order valence-corrected chi connectivity index (χ3v) is 2.45. The predicted molar refractivity (Wildman–Crippen MR) is 60.1 cm³/mol. The molecule has 0 saturated carbocycles. The Morgan fingerprint density at radius 2 is 1.40 bits per heavy atom. The van der Waals surface area contributed by atoms with Gasteiger partial charge in [-0.15, -0.1) is 0 Å². The monoisotopic (exact) mass is 298 g/mol. The summed E-state index contributed by atoms with van der Waals surface area (Å²) in [6.45, 7) is -1.84. The van der Waals surface area contributed by atoms with Gasteiger partial charge in [-0.2, -0.15) is 0 Å². The highest BCUT2D eigenvalue weighted by Crippen LogP contribution is 2.08. The van der Waals surface area contributed by atoms with Crippen LogP contribution in [0, 0.1) is 0 Å². The van der Waals surface area contributed by atoms with Crippen LogP contribution in [0.5, 0.6) is 0 Å². The van der Waals surface area contributed by atoms with E-state index in [2.05, 4.69) is 4.74 Å². The topological polar surface area (TPSA) is 185 Å². The first-order valence-electron chi connectivity index (χ1n) is 5.57. The maximum atomic E-state index is 11.4. The summed E-state index contributed by atoms with van der Waals surface area (Å²) >= 11 is 0. The number of aliphatic hydroxyl groups excluding tert-OH is 7. The number of ether oxygens (including phenoxy) is 1. The van der Waals surface area contributed by atoms with Crippen molar-refractivity contribution in [3.63, 3.8) is 0 Å². The number of hydrogen-bond donors (Lipinski definition) is 7. The molecule has 0 aliphatic rings. The molecule has 0 spiro atoms. The summed E-state index contributed by atoms with van der Waals surface area (Å²) in [5, 5.41) is 63.1. The Hall–Kier alpha value is -1.14. The normalized spacial score (nSPS) is 20.4. The van der Waals surface area contributed by atoms with E-state index in [0.29, 0.717) is 0 Å². The molecule has 0 aromatic carbocycles. The first kappa shape index (κ1) is 18.9. The lowest BCUT2D eigenvalue weighted by Crippen LogP contribution is -2.48. The average molecular weight is 298 g/mol. The minimum Gasteiger partial charge on any atom is -0.450 e. The van der Waals surface area contributed by atoms with Crippen LogP contribution in [0.3, 0.4) is 0 Å². The van der Waals surface area contributed by atoms with Crippen LogP contribution in [0.15, 0.2) is 0 Å². The van der Waals surface area contributed by atoms with E-state index in [-0.39, 0.29) is 6.29 Å². The second kappa shape index (κ2) is 8.92. The highest BCUT2D eigenvalue weighted by atomic mass is 16.6. The Balaban J connectivity index is 4.66. The van der Waals surface area contributed by atoms with Gasteiger partial charge in [-0.25, -0.2) is 4.79 Å². The second-order valence-electron chi connectivity index (χ2n) is 3.96. The maximum Gasteiger partial charge on any atom is 0.338 e. The molecule has 10 nitrogen and oxygen atoms in total. The number of rotatable bonds is 9. The average Bonchev–Trinajstić information content (AvgIpc) is 2.48. The third-order valence-electron chi connectivity index (χ3n) is 2.45. The van der Waals surface area contributed by atoms with Crippen LogP contribution in [0.4, 0.5) is 0 Å². The molecule has 7 N–H and O–H groups in total. The summed E-state index contributed by atoms with van der Waals surface area (Å²) in [6, 6.07) is 0. The van der Waals surface area contributed by atoms with E-state index in [0.717, 1.165) is 0 Å².